The Morgan fingerprint density at radius 3 is 3.27 bits per heavy atom. The minimum atomic E-state index is 0.837. The van der Waals surface area contributed by atoms with Crippen molar-refractivity contribution in [2.45, 2.75) is 13.1 Å². The SMILES string of the molecule is C=CN1CCn2ncnc2C1. The van der Waals surface area contributed by atoms with Crippen LogP contribution in [-0.4, -0.2) is 26.2 Å². The molecule has 2 rings (SSSR count). The second kappa shape index (κ2) is 2.38. The van der Waals surface area contributed by atoms with Gasteiger partial charge in [0, 0.05) is 6.54 Å². The molecule has 0 radical (unpaired) electrons. The zero-order valence-electron chi connectivity index (χ0n) is 6.27. The van der Waals surface area contributed by atoms with Crippen LogP contribution in [0.25, 0.3) is 0 Å². The van der Waals surface area contributed by atoms with Gasteiger partial charge in [0.25, 0.3) is 0 Å². The highest BCUT2D eigenvalue weighted by Gasteiger charge is 2.13. The number of hydrogen-bond acceptors (Lipinski definition) is 3. The molecule has 0 fully saturated rings. The second-order valence-electron chi connectivity index (χ2n) is 2.55. The highest BCUT2D eigenvalue weighted by atomic mass is 15.4. The van der Waals surface area contributed by atoms with Gasteiger partial charge in [0.1, 0.15) is 12.2 Å². The molecule has 0 aliphatic carbocycles. The smallest absolute Gasteiger partial charge is 0.146 e. The first-order valence-corrected chi connectivity index (χ1v) is 3.63. The van der Waals surface area contributed by atoms with Crippen molar-refractivity contribution >= 4 is 0 Å². The number of aromatic nitrogens is 3. The van der Waals surface area contributed by atoms with Crippen LogP contribution in [0, 0.1) is 0 Å². The van der Waals surface area contributed by atoms with Crippen LogP contribution < -0.4 is 0 Å². The fraction of sp³-hybridized carbons (Fsp3) is 0.429. The average Bonchev–Trinajstić information content (AvgIpc) is 2.50. The first-order chi connectivity index (χ1) is 5.40. The van der Waals surface area contributed by atoms with E-state index in [2.05, 4.69) is 21.6 Å². The molecule has 0 N–H and O–H groups in total. The molecule has 4 heteroatoms. The van der Waals surface area contributed by atoms with Crippen LogP contribution in [-0.2, 0) is 13.1 Å². The van der Waals surface area contributed by atoms with Gasteiger partial charge in [0.15, 0.2) is 0 Å². The normalized spacial score (nSPS) is 16.2. The third-order valence-electron chi connectivity index (χ3n) is 1.90. The molecule has 1 aliphatic heterocycles. The van der Waals surface area contributed by atoms with Gasteiger partial charge in [-0.2, -0.15) is 5.10 Å². The topological polar surface area (TPSA) is 34.0 Å². The van der Waals surface area contributed by atoms with Crippen molar-refractivity contribution in [2.24, 2.45) is 0 Å². The zero-order chi connectivity index (χ0) is 7.68. The molecule has 0 bridgehead atoms. The first-order valence-electron chi connectivity index (χ1n) is 3.63. The Labute approximate surface area is 65.1 Å². The largest absolute Gasteiger partial charge is 0.369 e. The maximum absolute atomic E-state index is 4.12. The minimum Gasteiger partial charge on any atom is -0.369 e. The summed E-state index contributed by atoms with van der Waals surface area (Å²) in [5.41, 5.74) is 0. The summed E-state index contributed by atoms with van der Waals surface area (Å²) in [6.45, 7) is 6.45. The highest BCUT2D eigenvalue weighted by Crippen LogP contribution is 2.07. The first kappa shape index (κ1) is 6.39. The minimum absolute atomic E-state index is 0.837. The van der Waals surface area contributed by atoms with E-state index in [1.807, 2.05) is 10.9 Å². The summed E-state index contributed by atoms with van der Waals surface area (Å²) in [6.07, 6.45) is 3.44. The number of fused-ring (bicyclic) bond motifs is 1. The van der Waals surface area contributed by atoms with Gasteiger partial charge in [-0.15, -0.1) is 0 Å². The molecular weight excluding hydrogens is 140 g/mol. The summed E-state index contributed by atoms with van der Waals surface area (Å²) in [5, 5.41) is 4.07. The maximum atomic E-state index is 4.12. The predicted molar refractivity (Wildman–Crippen MR) is 40.6 cm³/mol. The van der Waals surface area contributed by atoms with Gasteiger partial charge in [0.2, 0.25) is 0 Å². The van der Waals surface area contributed by atoms with Gasteiger partial charge in [-0.1, -0.05) is 6.58 Å². The lowest BCUT2D eigenvalue weighted by atomic mass is 10.4. The van der Waals surface area contributed by atoms with Crippen molar-refractivity contribution in [2.75, 3.05) is 6.54 Å². The van der Waals surface area contributed by atoms with Crippen LogP contribution in [0.1, 0.15) is 5.82 Å². The van der Waals surface area contributed by atoms with Crippen LogP contribution >= 0.6 is 0 Å². The van der Waals surface area contributed by atoms with Crippen molar-refractivity contribution in [1.82, 2.24) is 19.7 Å². The molecule has 0 aromatic carbocycles. The molecule has 0 saturated carbocycles. The van der Waals surface area contributed by atoms with E-state index in [1.165, 1.54) is 0 Å². The van der Waals surface area contributed by atoms with Gasteiger partial charge >= 0.3 is 0 Å². The van der Waals surface area contributed by atoms with Gasteiger partial charge < -0.3 is 4.90 Å². The molecule has 1 aliphatic rings. The lowest BCUT2D eigenvalue weighted by molar-refractivity contribution is 0.285. The van der Waals surface area contributed by atoms with E-state index in [9.17, 15) is 0 Å². The molecular formula is C7H10N4. The van der Waals surface area contributed by atoms with Crippen molar-refractivity contribution in [3.63, 3.8) is 0 Å². The van der Waals surface area contributed by atoms with E-state index < -0.39 is 0 Å². The molecule has 1 aromatic heterocycles. The van der Waals surface area contributed by atoms with Crippen LogP contribution in [0.15, 0.2) is 19.1 Å². The summed E-state index contributed by atoms with van der Waals surface area (Å²) < 4.78 is 1.93. The molecule has 1 aromatic rings. The van der Waals surface area contributed by atoms with Crippen molar-refractivity contribution in [1.29, 1.82) is 0 Å². The van der Waals surface area contributed by atoms with E-state index in [1.54, 1.807) is 6.33 Å². The number of nitrogens with zero attached hydrogens (tertiary/aromatic N) is 4. The lowest BCUT2D eigenvalue weighted by Crippen LogP contribution is -2.30. The monoisotopic (exact) mass is 150 g/mol. The van der Waals surface area contributed by atoms with Crippen molar-refractivity contribution in [3.05, 3.63) is 24.9 Å². The van der Waals surface area contributed by atoms with Gasteiger partial charge in [0.05, 0.1) is 13.1 Å². The molecule has 11 heavy (non-hydrogen) atoms. The Balaban J connectivity index is 2.24. The Hall–Kier alpha value is -1.32. The molecule has 2 heterocycles. The Morgan fingerprint density at radius 2 is 2.45 bits per heavy atom. The Kier molecular flexibility index (Phi) is 1.38. The van der Waals surface area contributed by atoms with E-state index in [4.69, 9.17) is 0 Å². The van der Waals surface area contributed by atoms with E-state index in [0.29, 0.717) is 0 Å². The third-order valence-corrected chi connectivity index (χ3v) is 1.90. The molecule has 4 nitrogen and oxygen atoms in total. The van der Waals surface area contributed by atoms with E-state index in [0.717, 1.165) is 25.5 Å². The molecule has 0 spiro atoms. The summed E-state index contributed by atoms with van der Waals surface area (Å²) in [5.74, 6) is 1.02. The van der Waals surface area contributed by atoms with E-state index in [-0.39, 0.29) is 0 Å². The lowest BCUT2D eigenvalue weighted by Gasteiger charge is -2.24. The molecule has 58 valence electrons. The van der Waals surface area contributed by atoms with Crippen molar-refractivity contribution in [3.8, 4) is 0 Å². The Bertz CT molecular complexity index is 265. The zero-order valence-corrected chi connectivity index (χ0v) is 6.27. The number of rotatable bonds is 1. The molecule has 0 atom stereocenters. The summed E-state index contributed by atoms with van der Waals surface area (Å²) >= 11 is 0. The summed E-state index contributed by atoms with van der Waals surface area (Å²) in [6, 6.07) is 0. The fourth-order valence-electron chi connectivity index (χ4n) is 1.24. The van der Waals surface area contributed by atoms with Gasteiger partial charge in [-0.05, 0) is 6.20 Å². The van der Waals surface area contributed by atoms with Gasteiger partial charge in [-0.25, -0.2) is 9.67 Å². The molecule has 0 amide bonds. The van der Waals surface area contributed by atoms with Crippen molar-refractivity contribution < 1.29 is 0 Å². The van der Waals surface area contributed by atoms with Crippen LogP contribution in [0.4, 0.5) is 0 Å². The average molecular weight is 150 g/mol. The quantitative estimate of drug-likeness (QED) is 0.575. The van der Waals surface area contributed by atoms with Crippen LogP contribution in [0.3, 0.4) is 0 Å². The van der Waals surface area contributed by atoms with Gasteiger partial charge in [-0.3, -0.25) is 0 Å². The molecule has 0 unspecified atom stereocenters. The molecule has 0 saturated heterocycles. The predicted octanol–water partition coefficient (Wildman–Crippen LogP) is 0.237. The highest BCUT2D eigenvalue weighted by molar-refractivity contribution is 4.90. The number of hydrogen-bond donors (Lipinski definition) is 0. The standard InChI is InChI=1S/C7H10N4/c1-2-10-3-4-11-7(5-10)8-6-9-11/h2,6H,1,3-5H2. The van der Waals surface area contributed by atoms with E-state index >= 15 is 0 Å². The Morgan fingerprint density at radius 1 is 1.55 bits per heavy atom. The van der Waals surface area contributed by atoms with Crippen LogP contribution in [0.2, 0.25) is 0 Å². The van der Waals surface area contributed by atoms with Crippen LogP contribution in [0.5, 0.6) is 0 Å². The third kappa shape index (κ3) is 1.00. The maximum Gasteiger partial charge on any atom is 0.146 e. The fourth-order valence-corrected chi connectivity index (χ4v) is 1.24. The second-order valence-corrected chi connectivity index (χ2v) is 2.55. The summed E-state index contributed by atoms with van der Waals surface area (Å²) in [7, 11) is 0. The summed E-state index contributed by atoms with van der Waals surface area (Å²) in [4.78, 5) is 6.25.